The van der Waals surface area contributed by atoms with Gasteiger partial charge in [0, 0.05) is 6.42 Å². The lowest BCUT2D eigenvalue weighted by atomic mass is 10.1. The summed E-state index contributed by atoms with van der Waals surface area (Å²) in [6.07, 6.45) is 3.66. The zero-order chi connectivity index (χ0) is 13.7. The van der Waals surface area contributed by atoms with Crippen LogP contribution in [0.15, 0.2) is 24.3 Å². The van der Waals surface area contributed by atoms with Gasteiger partial charge in [0.05, 0.1) is 12.6 Å². The van der Waals surface area contributed by atoms with Crippen molar-refractivity contribution in [2.24, 2.45) is 5.73 Å². The van der Waals surface area contributed by atoms with Crippen molar-refractivity contribution < 1.29 is 9.53 Å². The summed E-state index contributed by atoms with van der Waals surface area (Å²) in [5, 5.41) is 2.88. The first-order valence-electron chi connectivity index (χ1n) is 6.98. The third-order valence-electron chi connectivity index (χ3n) is 3.42. The maximum absolute atomic E-state index is 11.8. The number of fused-ring (bicyclic) bond motifs is 1. The van der Waals surface area contributed by atoms with E-state index in [-0.39, 0.29) is 12.0 Å². The topological polar surface area (TPSA) is 64.4 Å². The fourth-order valence-corrected chi connectivity index (χ4v) is 2.27. The molecule has 2 atom stereocenters. The minimum Gasteiger partial charge on any atom is -0.488 e. The molecule has 1 aliphatic rings. The molecule has 0 bridgehead atoms. The first kappa shape index (κ1) is 13.9. The second-order valence-corrected chi connectivity index (χ2v) is 5.05. The zero-order valence-electron chi connectivity index (χ0n) is 11.4. The van der Waals surface area contributed by atoms with Crippen molar-refractivity contribution in [3.05, 3.63) is 29.8 Å². The molecule has 104 valence electrons. The molecule has 1 aliphatic heterocycles. The molecule has 3 N–H and O–H groups in total. The van der Waals surface area contributed by atoms with Crippen molar-refractivity contribution in [3.63, 3.8) is 0 Å². The summed E-state index contributed by atoms with van der Waals surface area (Å²) in [7, 11) is 0. The maximum atomic E-state index is 11.8. The number of nitrogens with one attached hydrogen (secondary N) is 1. The maximum Gasteiger partial charge on any atom is 0.237 e. The van der Waals surface area contributed by atoms with Gasteiger partial charge in [-0.05, 0) is 18.1 Å². The largest absolute Gasteiger partial charge is 0.488 e. The van der Waals surface area contributed by atoms with E-state index in [1.165, 1.54) is 5.56 Å². The number of nitrogens with two attached hydrogens (primary N) is 1. The Labute approximate surface area is 114 Å². The Balaban J connectivity index is 1.74. The zero-order valence-corrected chi connectivity index (χ0v) is 11.4. The Morgan fingerprint density at radius 3 is 3.05 bits per heavy atom. The Bertz CT molecular complexity index is 409. The highest BCUT2D eigenvalue weighted by atomic mass is 16.5. The molecule has 0 aromatic heterocycles. The number of rotatable bonds is 6. The highest BCUT2D eigenvalue weighted by Gasteiger charge is 2.23. The predicted octanol–water partition coefficient (Wildman–Crippen LogP) is 1.62. The monoisotopic (exact) mass is 262 g/mol. The summed E-state index contributed by atoms with van der Waals surface area (Å²) in [6.45, 7) is 2.61. The van der Waals surface area contributed by atoms with E-state index in [2.05, 4.69) is 18.3 Å². The molecule has 1 aromatic rings. The van der Waals surface area contributed by atoms with Crippen LogP contribution in [0.1, 0.15) is 31.7 Å². The quantitative estimate of drug-likeness (QED) is 0.819. The molecule has 1 heterocycles. The number of benzene rings is 1. The van der Waals surface area contributed by atoms with Crippen LogP contribution in [-0.4, -0.2) is 24.6 Å². The summed E-state index contributed by atoms with van der Waals surface area (Å²) in [4.78, 5) is 11.8. The minimum atomic E-state index is -0.399. The number of ether oxygens (including phenoxy) is 1. The molecule has 0 saturated carbocycles. The lowest BCUT2D eigenvalue weighted by molar-refractivity contribution is -0.122. The van der Waals surface area contributed by atoms with Crippen molar-refractivity contribution in [3.8, 4) is 5.75 Å². The summed E-state index contributed by atoms with van der Waals surface area (Å²) < 4.78 is 5.76. The standard InChI is InChI=1S/C15H22N2O2/c1-2-3-7-13(16)15(18)17-10-12-9-11-6-4-5-8-14(11)19-12/h4-6,8,12-13H,2-3,7,9-10,16H2,1H3,(H,17,18)/t12?,13-/m0/s1. The van der Waals surface area contributed by atoms with Crippen LogP contribution in [0.5, 0.6) is 5.75 Å². The molecule has 1 amide bonds. The summed E-state index contributed by atoms with van der Waals surface area (Å²) in [6, 6.07) is 7.59. The smallest absolute Gasteiger partial charge is 0.237 e. The average Bonchev–Trinajstić information content (AvgIpc) is 2.84. The number of carbonyl (C=O) groups excluding carboxylic acids is 1. The van der Waals surface area contributed by atoms with Crippen LogP contribution in [0, 0.1) is 0 Å². The second-order valence-electron chi connectivity index (χ2n) is 5.05. The second kappa shape index (κ2) is 6.57. The molecule has 0 saturated heterocycles. The van der Waals surface area contributed by atoms with Gasteiger partial charge in [0.1, 0.15) is 11.9 Å². The van der Waals surface area contributed by atoms with E-state index in [4.69, 9.17) is 10.5 Å². The predicted molar refractivity (Wildman–Crippen MR) is 75.1 cm³/mol. The summed E-state index contributed by atoms with van der Waals surface area (Å²) in [5.41, 5.74) is 7.02. The molecule has 0 radical (unpaired) electrons. The average molecular weight is 262 g/mol. The van der Waals surface area contributed by atoms with Gasteiger partial charge in [0.2, 0.25) is 5.91 Å². The van der Waals surface area contributed by atoms with Gasteiger partial charge in [-0.3, -0.25) is 4.79 Å². The Kier molecular flexibility index (Phi) is 4.80. The van der Waals surface area contributed by atoms with Gasteiger partial charge >= 0.3 is 0 Å². The Hall–Kier alpha value is -1.55. The van der Waals surface area contributed by atoms with Gasteiger partial charge in [-0.2, -0.15) is 0 Å². The normalized spacial score (nSPS) is 18.5. The number of carbonyl (C=O) groups is 1. The first-order chi connectivity index (χ1) is 9.20. The molecule has 1 aromatic carbocycles. The van der Waals surface area contributed by atoms with Gasteiger partial charge in [-0.15, -0.1) is 0 Å². The lowest BCUT2D eigenvalue weighted by Crippen LogP contribution is -2.44. The third-order valence-corrected chi connectivity index (χ3v) is 3.42. The molecule has 0 spiro atoms. The molecule has 1 unspecified atom stereocenters. The van der Waals surface area contributed by atoms with Crippen LogP contribution >= 0.6 is 0 Å². The Morgan fingerprint density at radius 2 is 2.32 bits per heavy atom. The summed E-state index contributed by atoms with van der Waals surface area (Å²) >= 11 is 0. The van der Waals surface area contributed by atoms with Crippen LogP contribution in [-0.2, 0) is 11.2 Å². The molecule has 4 heteroatoms. The van der Waals surface area contributed by atoms with Crippen molar-refractivity contribution >= 4 is 5.91 Å². The van der Waals surface area contributed by atoms with Gasteiger partial charge in [0.25, 0.3) is 0 Å². The lowest BCUT2D eigenvalue weighted by Gasteiger charge is -2.15. The molecule has 0 fully saturated rings. The van der Waals surface area contributed by atoms with E-state index < -0.39 is 6.04 Å². The van der Waals surface area contributed by atoms with E-state index in [0.29, 0.717) is 6.54 Å². The molecule has 19 heavy (non-hydrogen) atoms. The third kappa shape index (κ3) is 3.70. The van der Waals surface area contributed by atoms with Crippen LogP contribution in [0.3, 0.4) is 0 Å². The molecule has 4 nitrogen and oxygen atoms in total. The molecular weight excluding hydrogens is 240 g/mol. The number of para-hydroxylation sites is 1. The van der Waals surface area contributed by atoms with E-state index >= 15 is 0 Å². The van der Waals surface area contributed by atoms with Crippen molar-refractivity contribution in [1.29, 1.82) is 0 Å². The van der Waals surface area contributed by atoms with Gasteiger partial charge in [-0.1, -0.05) is 38.0 Å². The van der Waals surface area contributed by atoms with Crippen molar-refractivity contribution in [2.75, 3.05) is 6.54 Å². The van der Waals surface area contributed by atoms with Crippen molar-refractivity contribution in [2.45, 2.75) is 44.8 Å². The number of amides is 1. The van der Waals surface area contributed by atoms with Crippen LogP contribution in [0.4, 0.5) is 0 Å². The van der Waals surface area contributed by atoms with E-state index in [1.54, 1.807) is 0 Å². The number of hydrogen-bond acceptors (Lipinski definition) is 3. The van der Waals surface area contributed by atoms with Crippen LogP contribution < -0.4 is 15.8 Å². The minimum absolute atomic E-state index is 0.0275. The molecular formula is C15H22N2O2. The van der Waals surface area contributed by atoms with E-state index in [1.807, 2.05) is 18.2 Å². The van der Waals surface area contributed by atoms with Crippen molar-refractivity contribution in [1.82, 2.24) is 5.32 Å². The highest BCUT2D eigenvalue weighted by molar-refractivity contribution is 5.81. The van der Waals surface area contributed by atoms with Crippen LogP contribution in [0.25, 0.3) is 0 Å². The Morgan fingerprint density at radius 1 is 1.53 bits per heavy atom. The summed E-state index contributed by atoms with van der Waals surface area (Å²) in [5.74, 6) is 0.852. The van der Waals surface area contributed by atoms with Crippen LogP contribution in [0.2, 0.25) is 0 Å². The molecule has 2 rings (SSSR count). The highest BCUT2D eigenvalue weighted by Crippen LogP contribution is 2.27. The first-order valence-corrected chi connectivity index (χ1v) is 6.98. The number of hydrogen-bond donors (Lipinski definition) is 2. The number of unbranched alkanes of at least 4 members (excludes halogenated alkanes) is 1. The van der Waals surface area contributed by atoms with E-state index in [0.717, 1.165) is 31.4 Å². The van der Waals surface area contributed by atoms with Gasteiger partial charge in [0.15, 0.2) is 0 Å². The fourth-order valence-electron chi connectivity index (χ4n) is 2.27. The van der Waals surface area contributed by atoms with E-state index in [9.17, 15) is 4.79 Å². The van der Waals surface area contributed by atoms with Gasteiger partial charge in [-0.25, -0.2) is 0 Å². The fraction of sp³-hybridized carbons (Fsp3) is 0.533. The molecule has 0 aliphatic carbocycles. The SMILES string of the molecule is CCCC[C@H](N)C(=O)NCC1Cc2ccccc2O1. The van der Waals surface area contributed by atoms with Gasteiger partial charge < -0.3 is 15.8 Å².